The van der Waals surface area contributed by atoms with Crippen molar-refractivity contribution in [2.24, 2.45) is 0 Å². The van der Waals surface area contributed by atoms with Crippen LogP contribution in [0.15, 0.2) is 12.1 Å². The van der Waals surface area contributed by atoms with Crippen LogP contribution in [0.2, 0.25) is 0 Å². The maximum absolute atomic E-state index is 10.7. The van der Waals surface area contributed by atoms with E-state index in [1.54, 1.807) is 12.1 Å². The summed E-state index contributed by atoms with van der Waals surface area (Å²) in [7, 11) is 0. The molecule has 1 rings (SSSR count). The molecule has 1 aromatic rings. The van der Waals surface area contributed by atoms with Crippen molar-refractivity contribution in [3.05, 3.63) is 27.1 Å². The van der Waals surface area contributed by atoms with Gasteiger partial charge in [-0.1, -0.05) is 0 Å². The van der Waals surface area contributed by atoms with Crippen LogP contribution in [0.5, 0.6) is 0 Å². The summed E-state index contributed by atoms with van der Waals surface area (Å²) in [6.07, 6.45) is 0. The molecule has 0 aliphatic carbocycles. The lowest BCUT2D eigenvalue weighted by Crippen LogP contribution is -2.05. The van der Waals surface area contributed by atoms with Gasteiger partial charge in [0.2, 0.25) is 0 Å². The third-order valence-corrected chi connectivity index (χ3v) is 2.37. The van der Waals surface area contributed by atoms with Crippen LogP contribution in [0.3, 0.4) is 0 Å². The molecule has 0 N–H and O–H groups in total. The Hall–Kier alpha value is -1.18. The Morgan fingerprint density at radius 3 is 1.88 bits per heavy atom. The van der Waals surface area contributed by atoms with E-state index >= 15 is 0 Å². The summed E-state index contributed by atoms with van der Waals surface area (Å²) in [5.41, 5.74) is 1.27. The van der Waals surface area contributed by atoms with Crippen molar-refractivity contribution in [1.82, 2.24) is 4.98 Å². The summed E-state index contributed by atoms with van der Waals surface area (Å²) in [5, 5.41) is 0. The summed E-state index contributed by atoms with van der Waals surface area (Å²) in [6.45, 7) is 2.93. The molecule has 0 spiro atoms. The standard InChI is InChI=1S/C11H12INO4/c1-7(14)16-5-10-3-9(12)4-11(13-10)6-17-8(2)15/h3-4H,5-6H2,1-2H3. The first-order valence-corrected chi connectivity index (χ1v) is 5.97. The third kappa shape index (κ3) is 5.62. The van der Waals surface area contributed by atoms with E-state index in [2.05, 4.69) is 27.6 Å². The third-order valence-electron chi connectivity index (χ3n) is 1.74. The van der Waals surface area contributed by atoms with Crippen LogP contribution in [0.25, 0.3) is 0 Å². The first kappa shape index (κ1) is 13.9. The highest BCUT2D eigenvalue weighted by Gasteiger charge is 2.04. The molecule has 92 valence electrons. The van der Waals surface area contributed by atoms with E-state index in [9.17, 15) is 9.59 Å². The van der Waals surface area contributed by atoms with Gasteiger partial charge in [-0.3, -0.25) is 14.6 Å². The van der Waals surface area contributed by atoms with Gasteiger partial charge < -0.3 is 9.47 Å². The topological polar surface area (TPSA) is 65.5 Å². The van der Waals surface area contributed by atoms with Crippen molar-refractivity contribution in [1.29, 1.82) is 0 Å². The molecule has 5 nitrogen and oxygen atoms in total. The van der Waals surface area contributed by atoms with E-state index in [-0.39, 0.29) is 25.2 Å². The quantitative estimate of drug-likeness (QED) is 0.613. The van der Waals surface area contributed by atoms with Crippen molar-refractivity contribution >= 4 is 34.5 Å². The monoisotopic (exact) mass is 349 g/mol. The number of esters is 2. The summed E-state index contributed by atoms with van der Waals surface area (Å²) in [4.78, 5) is 25.6. The van der Waals surface area contributed by atoms with Gasteiger partial charge in [-0.05, 0) is 34.7 Å². The van der Waals surface area contributed by atoms with Crippen molar-refractivity contribution in [3.63, 3.8) is 0 Å². The Balaban J connectivity index is 2.71. The molecule has 1 heterocycles. The summed E-state index contributed by atoms with van der Waals surface area (Å²) in [6, 6.07) is 3.61. The zero-order chi connectivity index (χ0) is 12.8. The molecule has 1 aromatic heterocycles. The molecular weight excluding hydrogens is 337 g/mol. The highest BCUT2D eigenvalue weighted by Crippen LogP contribution is 2.11. The van der Waals surface area contributed by atoms with Crippen LogP contribution in [-0.4, -0.2) is 16.9 Å². The van der Waals surface area contributed by atoms with Crippen LogP contribution < -0.4 is 0 Å². The van der Waals surface area contributed by atoms with E-state index in [4.69, 9.17) is 9.47 Å². The molecule has 0 saturated carbocycles. The zero-order valence-electron chi connectivity index (χ0n) is 9.53. The SMILES string of the molecule is CC(=O)OCc1cc(I)cc(COC(C)=O)n1. The van der Waals surface area contributed by atoms with Gasteiger partial charge in [-0.25, -0.2) is 0 Å². The lowest BCUT2D eigenvalue weighted by molar-refractivity contribution is -0.142. The average Bonchev–Trinajstić information content (AvgIpc) is 2.23. The summed E-state index contributed by atoms with van der Waals surface area (Å²) >= 11 is 2.12. The van der Waals surface area contributed by atoms with E-state index in [1.165, 1.54) is 13.8 Å². The van der Waals surface area contributed by atoms with Crippen LogP contribution >= 0.6 is 22.6 Å². The lowest BCUT2D eigenvalue weighted by Gasteiger charge is -2.06. The zero-order valence-corrected chi connectivity index (χ0v) is 11.7. The van der Waals surface area contributed by atoms with Crippen LogP contribution in [-0.2, 0) is 32.3 Å². The molecule has 17 heavy (non-hydrogen) atoms. The molecule has 0 unspecified atom stereocenters. The minimum atomic E-state index is -0.354. The number of nitrogens with zero attached hydrogens (tertiary/aromatic N) is 1. The van der Waals surface area contributed by atoms with Crippen LogP contribution in [0, 0.1) is 3.57 Å². The molecule has 0 radical (unpaired) electrons. The predicted molar refractivity (Wildman–Crippen MR) is 67.9 cm³/mol. The van der Waals surface area contributed by atoms with Gasteiger partial charge in [0.15, 0.2) is 0 Å². The number of carbonyl (C=O) groups excluding carboxylic acids is 2. The fourth-order valence-corrected chi connectivity index (χ4v) is 1.83. The number of hydrogen-bond donors (Lipinski definition) is 0. The largest absolute Gasteiger partial charge is 0.459 e. The van der Waals surface area contributed by atoms with Gasteiger partial charge in [0.05, 0.1) is 11.4 Å². The van der Waals surface area contributed by atoms with E-state index in [0.717, 1.165) is 3.57 Å². The number of halogens is 1. The predicted octanol–water partition coefficient (Wildman–Crippen LogP) is 1.81. The fraction of sp³-hybridized carbons (Fsp3) is 0.364. The molecule has 0 aliphatic rings. The molecule has 0 aromatic carbocycles. The fourth-order valence-electron chi connectivity index (χ4n) is 1.11. The smallest absolute Gasteiger partial charge is 0.303 e. The van der Waals surface area contributed by atoms with Crippen molar-refractivity contribution < 1.29 is 19.1 Å². The number of aromatic nitrogens is 1. The summed E-state index contributed by atoms with van der Waals surface area (Å²) in [5.74, 6) is -0.709. The van der Waals surface area contributed by atoms with E-state index in [0.29, 0.717) is 11.4 Å². The number of rotatable bonds is 4. The molecule has 0 amide bonds. The Kier molecular flexibility index (Phi) is 5.33. The van der Waals surface area contributed by atoms with Crippen LogP contribution in [0.4, 0.5) is 0 Å². The van der Waals surface area contributed by atoms with Crippen LogP contribution in [0.1, 0.15) is 25.2 Å². The lowest BCUT2D eigenvalue weighted by atomic mass is 10.3. The number of pyridine rings is 1. The van der Waals surface area contributed by atoms with Crippen molar-refractivity contribution in [2.75, 3.05) is 0 Å². The Bertz CT molecular complexity index is 397. The van der Waals surface area contributed by atoms with Crippen molar-refractivity contribution in [3.8, 4) is 0 Å². The second kappa shape index (κ2) is 6.53. The second-order valence-electron chi connectivity index (χ2n) is 3.33. The molecule has 0 bridgehead atoms. The minimum Gasteiger partial charge on any atom is -0.459 e. The molecule has 6 heteroatoms. The minimum absolute atomic E-state index is 0.124. The number of ether oxygens (including phenoxy) is 2. The highest BCUT2D eigenvalue weighted by atomic mass is 127. The van der Waals surface area contributed by atoms with Gasteiger partial charge in [-0.15, -0.1) is 0 Å². The van der Waals surface area contributed by atoms with E-state index in [1.807, 2.05) is 0 Å². The van der Waals surface area contributed by atoms with Gasteiger partial charge in [0.25, 0.3) is 0 Å². The Morgan fingerprint density at radius 1 is 1.12 bits per heavy atom. The van der Waals surface area contributed by atoms with Crippen molar-refractivity contribution in [2.45, 2.75) is 27.1 Å². The molecule has 0 fully saturated rings. The van der Waals surface area contributed by atoms with Gasteiger partial charge in [-0.2, -0.15) is 0 Å². The Labute approximate surface area is 113 Å². The maximum Gasteiger partial charge on any atom is 0.303 e. The molecule has 0 saturated heterocycles. The van der Waals surface area contributed by atoms with Gasteiger partial charge in [0.1, 0.15) is 13.2 Å². The number of hydrogen-bond acceptors (Lipinski definition) is 5. The highest BCUT2D eigenvalue weighted by molar-refractivity contribution is 14.1. The normalized spacial score (nSPS) is 9.82. The average molecular weight is 349 g/mol. The van der Waals surface area contributed by atoms with E-state index < -0.39 is 0 Å². The number of carbonyl (C=O) groups is 2. The van der Waals surface area contributed by atoms with Gasteiger partial charge >= 0.3 is 11.9 Å². The van der Waals surface area contributed by atoms with Gasteiger partial charge in [0, 0.05) is 17.4 Å². The first-order valence-electron chi connectivity index (χ1n) is 4.89. The second-order valence-corrected chi connectivity index (χ2v) is 4.57. The molecule has 0 aliphatic heterocycles. The Morgan fingerprint density at radius 2 is 1.53 bits per heavy atom. The maximum atomic E-state index is 10.7. The molecular formula is C11H12INO4. The summed E-state index contributed by atoms with van der Waals surface area (Å²) < 4.78 is 10.6. The first-order chi connectivity index (χ1) is 7.97. The molecule has 0 atom stereocenters.